The number of nitrogens with zero attached hydrogens (tertiary/aromatic N) is 1. The Balaban J connectivity index is 1.71. The molecule has 2 aliphatic rings. The van der Waals surface area contributed by atoms with E-state index in [4.69, 9.17) is 4.74 Å². The largest absolute Gasteiger partial charge is 0.493 e. The van der Waals surface area contributed by atoms with Crippen molar-refractivity contribution in [3.8, 4) is 5.75 Å². The number of rotatable bonds is 2. The highest BCUT2D eigenvalue weighted by Crippen LogP contribution is 2.31. The Labute approximate surface area is 118 Å². The smallest absolute Gasteiger partial charge is 0.318 e. The maximum atomic E-state index is 12.4. The van der Waals surface area contributed by atoms with Gasteiger partial charge in [0.2, 0.25) is 0 Å². The second-order valence-electron chi connectivity index (χ2n) is 5.35. The molecular formula is C15H20N2O3. The molecule has 2 amide bonds. The van der Waals surface area contributed by atoms with Crippen molar-refractivity contribution in [3.05, 3.63) is 29.8 Å². The molecule has 0 aromatic heterocycles. The molecule has 2 aliphatic heterocycles. The van der Waals surface area contributed by atoms with Gasteiger partial charge >= 0.3 is 6.03 Å². The molecule has 1 fully saturated rings. The van der Waals surface area contributed by atoms with Crippen molar-refractivity contribution in [3.63, 3.8) is 0 Å². The van der Waals surface area contributed by atoms with Crippen LogP contribution in [0.3, 0.4) is 0 Å². The summed E-state index contributed by atoms with van der Waals surface area (Å²) in [5, 5.41) is 12.4. The van der Waals surface area contributed by atoms with Crippen molar-refractivity contribution in [2.24, 2.45) is 0 Å². The first-order chi connectivity index (χ1) is 9.79. The first kappa shape index (κ1) is 13.2. The summed E-state index contributed by atoms with van der Waals surface area (Å²) in [5.74, 6) is 0.851. The summed E-state index contributed by atoms with van der Waals surface area (Å²) < 4.78 is 5.60. The van der Waals surface area contributed by atoms with Crippen LogP contribution in [0.2, 0.25) is 0 Å². The molecule has 3 rings (SSSR count). The lowest BCUT2D eigenvalue weighted by Crippen LogP contribution is -2.46. The second kappa shape index (κ2) is 5.71. The maximum Gasteiger partial charge on any atom is 0.318 e. The molecule has 1 aromatic rings. The number of likely N-dealkylation sites (tertiary alicyclic amines) is 1. The number of nitrogens with one attached hydrogen (secondary N) is 1. The molecule has 20 heavy (non-hydrogen) atoms. The highest BCUT2D eigenvalue weighted by molar-refractivity contribution is 5.75. The van der Waals surface area contributed by atoms with Crippen LogP contribution in [-0.4, -0.2) is 41.8 Å². The van der Waals surface area contributed by atoms with Gasteiger partial charge in [0.05, 0.1) is 25.3 Å². The summed E-state index contributed by atoms with van der Waals surface area (Å²) in [7, 11) is 0. The Morgan fingerprint density at radius 3 is 3.10 bits per heavy atom. The minimum Gasteiger partial charge on any atom is -0.493 e. The average Bonchev–Trinajstić information content (AvgIpc) is 2.96. The van der Waals surface area contributed by atoms with Crippen LogP contribution in [0.1, 0.15) is 30.9 Å². The fourth-order valence-electron chi connectivity index (χ4n) is 3.02. The molecular weight excluding hydrogens is 256 g/mol. The van der Waals surface area contributed by atoms with Gasteiger partial charge in [0.15, 0.2) is 0 Å². The lowest BCUT2D eigenvalue weighted by molar-refractivity contribution is 0.151. The van der Waals surface area contributed by atoms with E-state index in [9.17, 15) is 9.90 Å². The number of hydrogen-bond donors (Lipinski definition) is 2. The molecule has 2 unspecified atom stereocenters. The molecule has 5 heteroatoms. The van der Waals surface area contributed by atoms with E-state index in [0.717, 1.165) is 37.1 Å². The van der Waals surface area contributed by atoms with Gasteiger partial charge in [0.25, 0.3) is 0 Å². The summed E-state index contributed by atoms with van der Waals surface area (Å²) >= 11 is 0. The minimum absolute atomic E-state index is 0.00704. The third-order valence-electron chi connectivity index (χ3n) is 4.10. The Morgan fingerprint density at radius 1 is 1.40 bits per heavy atom. The zero-order valence-corrected chi connectivity index (χ0v) is 11.4. The Kier molecular flexibility index (Phi) is 3.78. The summed E-state index contributed by atoms with van der Waals surface area (Å²) in [5.41, 5.74) is 1.03. The third kappa shape index (κ3) is 2.45. The predicted molar refractivity (Wildman–Crippen MR) is 74.6 cm³/mol. The van der Waals surface area contributed by atoms with Gasteiger partial charge in [0, 0.05) is 18.5 Å². The van der Waals surface area contributed by atoms with E-state index < -0.39 is 0 Å². The van der Waals surface area contributed by atoms with Crippen LogP contribution in [0.25, 0.3) is 0 Å². The van der Waals surface area contributed by atoms with Crippen molar-refractivity contribution in [1.29, 1.82) is 0 Å². The van der Waals surface area contributed by atoms with Crippen LogP contribution in [0, 0.1) is 0 Å². The molecule has 0 bridgehead atoms. The van der Waals surface area contributed by atoms with Crippen LogP contribution >= 0.6 is 0 Å². The monoisotopic (exact) mass is 276 g/mol. The highest BCUT2D eigenvalue weighted by atomic mass is 16.5. The fraction of sp³-hybridized carbons (Fsp3) is 0.533. The maximum absolute atomic E-state index is 12.4. The van der Waals surface area contributed by atoms with Gasteiger partial charge < -0.3 is 20.1 Å². The summed E-state index contributed by atoms with van der Waals surface area (Å²) in [6, 6.07) is 7.69. The molecule has 2 heterocycles. The van der Waals surface area contributed by atoms with Crippen molar-refractivity contribution >= 4 is 6.03 Å². The number of para-hydroxylation sites is 1. The lowest BCUT2D eigenvalue weighted by Gasteiger charge is -2.30. The van der Waals surface area contributed by atoms with Gasteiger partial charge in [-0.1, -0.05) is 18.2 Å². The second-order valence-corrected chi connectivity index (χ2v) is 5.35. The zero-order chi connectivity index (χ0) is 13.9. The number of amides is 2. The summed E-state index contributed by atoms with van der Waals surface area (Å²) in [6.07, 6.45) is 2.62. The van der Waals surface area contributed by atoms with E-state index in [0.29, 0.717) is 6.61 Å². The molecule has 0 spiro atoms. The number of ether oxygens (including phenoxy) is 1. The van der Waals surface area contributed by atoms with Crippen LogP contribution in [-0.2, 0) is 0 Å². The minimum atomic E-state index is -0.0803. The van der Waals surface area contributed by atoms with E-state index in [1.54, 1.807) is 4.90 Å². The topological polar surface area (TPSA) is 61.8 Å². The van der Waals surface area contributed by atoms with E-state index in [2.05, 4.69) is 5.32 Å². The number of carbonyl (C=O) groups is 1. The van der Waals surface area contributed by atoms with E-state index in [1.807, 2.05) is 24.3 Å². The number of urea groups is 1. The first-order valence-electron chi connectivity index (χ1n) is 7.19. The molecule has 1 saturated heterocycles. The molecule has 1 aromatic carbocycles. The fourth-order valence-corrected chi connectivity index (χ4v) is 3.02. The standard InChI is InChI=1S/C15H20N2O3/c18-10-11-4-3-8-17(11)15(19)16-13-7-9-20-14-6-2-1-5-12(13)14/h1-2,5-6,11,13,18H,3-4,7-10H2,(H,16,19). The number of carbonyl (C=O) groups excluding carboxylic acids is 1. The number of benzene rings is 1. The van der Waals surface area contributed by atoms with Crippen molar-refractivity contribution < 1.29 is 14.6 Å². The van der Waals surface area contributed by atoms with Crippen LogP contribution in [0.4, 0.5) is 4.79 Å². The van der Waals surface area contributed by atoms with Crippen LogP contribution in [0.5, 0.6) is 5.75 Å². The van der Waals surface area contributed by atoms with E-state index in [-0.39, 0.29) is 24.7 Å². The number of hydrogen-bond acceptors (Lipinski definition) is 3. The number of fused-ring (bicyclic) bond motifs is 1. The number of aliphatic hydroxyl groups excluding tert-OH is 1. The molecule has 2 N–H and O–H groups in total. The Bertz CT molecular complexity index is 492. The molecule has 0 saturated carbocycles. The Hall–Kier alpha value is -1.75. The van der Waals surface area contributed by atoms with Gasteiger partial charge in [-0.15, -0.1) is 0 Å². The average molecular weight is 276 g/mol. The van der Waals surface area contributed by atoms with Gasteiger partial charge in [0.1, 0.15) is 5.75 Å². The first-order valence-corrected chi connectivity index (χ1v) is 7.19. The predicted octanol–water partition coefficient (Wildman–Crippen LogP) is 1.68. The molecule has 0 radical (unpaired) electrons. The number of aliphatic hydroxyl groups is 1. The normalized spacial score (nSPS) is 24.9. The van der Waals surface area contributed by atoms with Crippen molar-refractivity contribution in [2.75, 3.05) is 19.8 Å². The molecule has 0 aliphatic carbocycles. The van der Waals surface area contributed by atoms with E-state index in [1.165, 1.54) is 0 Å². The third-order valence-corrected chi connectivity index (χ3v) is 4.10. The lowest BCUT2D eigenvalue weighted by atomic mass is 10.0. The van der Waals surface area contributed by atoms with Gasteiger partial charge in [-0.25, -0.2) is 4.79 Å². The van der Waals surface area contributed by atoms with E-state index >= 15 is 0 Å². The van der Waals surface area contributed by atoms with Gasteiger partial charge in [-0.05, 0) is 18.9 Å². The molecule has 108 valence electrons. The van der Waals surface area contributed by atoms with Crippen molar-refractivity contribution in [1.82, 2.24) is 10.2 Å². The summed E-state index contributed by atoms with van der Waals surface area (Å²) in [6.45, 7) is 1.38. The van der Waals surface area contributed by atoms with Crippen molar-refractivity contribution in [2.45, 2.75) is 31.3 Å². The van der Waals surface area contributed by atoms with Crippen LogP contribution < -0.4 is 10.1 Å². The van der Waals surface area contributed by atoms with Gasteiger partial charge in [-0.3, -0.25) is 0 Å². The molecule has 2 atom stereocenters. The molecule has 5 nitrogen and oxygen atoms in total. The SMILES string of the molecule is O=C(NC1CCOc2ccccc21)N1CCCC1CO. The van der Waals surface area contributed by atoms with Gasteiger partial charge in [-0.2, -0.15) is 0 Å². The van der Waals surface area contributed by atoms with Crippen LogP contribution in [0.15, 0.2) is 24.3 Å². The Morgan fingerprint density at radius 2 is 2.25 bits per heavy atom. The highest BCUT2D eigenvalue weighted by Gasteiger charge is 2.30. The zero-order valence-electron chi connectivity index (χ0n) is 11.4. The summed E-state index contributed by atoms with van der Waals surface area (Å²) in [4.78, 5) is 14.1. The quantitative estimate of drug-likeness (QED) is 0.864.